The topological polar surface area (TPSA) is 27.1 Å². The van der Waals surface area contributed by atoms with Crippen molar-refractivity contribution in [1.82, 2.24) is 9.78 Å². The molecule has 0 N–H and O–H groups in total. The van der Waals surface area contributed by atoms with Crippen molar-refractivity contribution in [2.24, 2.45) is 0 Å². The van der Waals surface area contributed by atoms with Gasteiger partial charge in [-0.05, 0) is 50.3 Å². The van der Waals surface area contributed by atoms with Crippen LogP contribution in [0.4, 0.5) is 0 Å². The Kier molecular flexibility index (Phi) is 3.23. The van der Waals surface area contributed by atoms with E-state index < -0.39 is 0 Å². The number of benzene rings is 1. The van der Waals surface area contributed by atoms with Crippen LogP contribution in [0.2, 0.25) is 5.02 Å². The average Bonchev–Trinajstić information content (AvgIpc) is 2.77. The Bertz CT molecular complexity index is 619. The minimum atomic E-state index is 0.626. The van der Waals surface area contributed by atoms with E-state index in [1.807, 2.05) is 22.9 Å². The van der Waals surface area contributed by atoms with E-state index in [-0.39, 0.29) is 0 Å². The molecule has 0 radical (unpaired) electrons. The average molecular weight is 277 g/mol. The molecule has 1 aliphatic carbocycles. The van der Waals surface area contributed by atoms with Crippen molar-refractivity contribution >= 4 is 11.6 Å². The minimum Gasteiger partial charge on any atom is -0.495 e. The highest BCUT2D eigenvalue weighted by atomic mass is 35.5. The van der Waals surface area contributed by atoms with Gasteiger partial charge in [0.05, 0.1) is 23.5 Å². The second-order valence-corrected chi connectivity index (χ2v) is 5.36. The fraction of sp³-hybridized carbons (Fsp3) is 0.400. The van der Waals surface area contributed by atoms with E-state index in [0.717, 1.165) is 18.5 Å². The Morgan fingerprint density at radius 1 is 1.26 bits per heavy atom. The molecule has 0 atom stereocenters. The standard InChI is InChI=1S/C15H17ClN2O/c1-10-12-5-3-4-6-14(12)17-18(10)11-7-8-13(16)15(9-11)19-2/h7-9H,3-6H2,1-2H3. The summed E-state index contributed by atoms with van der Waals surface area (Å²) in [5, 5.41) is 5.37. The number of aryl methyl sites for hydroxylation is 1. The molecule has 0 aliphatic heterocycles. The maximum Gasteiger partial charge on any atom is 0.139 e. The van der Waals surface area contributed by atoms with E-state index in [2.05, 4.69) is 6.92 Å². The molecule has 0 unspecified atom stereocenters. The van der Waals surface area contributed by atoms with Gasteiger partial charge < -0.3 is 4.74 Å². The number of aromatic nitrogens is 2. The zero-order valence-corrected chi connectivity index (χ0v) is 12.0. The van der Waals surface area contributed by atoms with Crippen LogP contribution in [0.25, 0.3) is 5.69 Å². The Morgan fingerprint density at radius 3 is 2.79 bits per heavy atom. The van der Waals surface area contributed by atoms with Crippen LogP contribution in [-0.2, 0) is 12.8 Å². The molecule has 0 fully saturated rings. The fourth-order valence-electron chi connectivity index (χ4n) is 2.74. The molecule has 0 bridgehead atoms. The van der Waals surface area contributed by atoms with Gasteiger partial charge in [0, 0.05) is 11.8 Å². The third-order valence-electron chi connectivity index (χ3n) is 3.79. The van der Waals surface area contributed by atoms with Crippen molar-refractivity contribution in [3.8, 4) is 11.4 Å². The lowest BCUT2D eigenvalue weighted by Crippen LogP contribution is -2.00. The van der Waals surface area contributed by atoms with E-state index >= 15 is 0 Å². The first kappa shape index (κ1) is 12.5. The summed E-state index contributed by atoms with van der Waals surface area (Å²) in [5.41, 5.74) is 4.91. The lowest BCUT2D eigenvalue weighted by molar-refractivity contribution is 0.414. The predicted octanol–water partition coefficient (Wildman–Crippen LogP) is 3.72. The number of nitrogens with zero attached hydrogens (tertiary/aromatic N) is 2. The van der Waals surface area contributed by atoms with E-state index in [1.165, 1.54) is 29.8 Å². The molecule has 3 nitrogen and oxygen atoms in total. The molecule has 0 saturated carbocycles. The number of fused-ring (bicyclic) bond motifs is 1. The summed E-state index contributed by atoms with van der Waals surface area (Å²) >= 11 is 6.07. The lowest BCUT2D eigenvalue weighted by Gasteiger charge is -2.09. The molecule has 3 rings (SSSR count). The van der Waals surface area contributed by atoms with Crippen molar-refractivity contribution in [2.45, 2.75) is 32.6 Å². The zero-order chi connectivity index (χ0) is 13.4. The van der Waals surface area contributed by atoms with E-state index in [4.69, 9.17) is 21.4 Å². The normalized spacial score (nSPS) is 14.3. The molecule has 1 aromatic heterocycles. The van der Waals surface area contributed by atoms with E-state index in [0.29, 0.717) is 10.8 Å². The highest BCUT2D eigenvalue weighted by Crippen LogP contribution is 2.30. The van der Waals surface area contributed by atoms with Crippen LogP contribution in [0.15, 0.2) is 18.2 Å². The summed E-state index contributed by atoms with van der Waals surface area (Å²) in [4.78, 5) is 0. The number of hydrogen-bond acceptors (Lipinski definition) is 2. The molecule has 2 aromatic rings. The van der Waals surface area contributed by atoms with Gasteiger partial charge in [-0.2, -0.15) is 5.10 Å². The maximum absolute atomic E-state index is 6.07. The molecule has 1 aliphatic rings. The fourth-order valence-corrected chi connectivity index (χ4v) is 2.94. The van der Waals surface area contributed by atoms with Crippen LogP contribution in [0.3, 0.4) is 0 Å². The number of halogens is 1. The zero-order valence-electron chi connectivity index (χ0n) is 11.2. The summed E-state index contributed by atoms with van der Waals surface area (Å²) in [7, 11) is 1.63. The molecule has 4 heteroatoms. The van der Waals surface area contributed by atoms with Gasteiger partial charge in [0.15, 0.2) is 0 Å². The largest absolute Gasteiger partial charge is 0.495 e. The summed E-state index contributed by atoms with van der Waals surface area (Å²) in [6, 6.07) is 5.78. The third-order valence-corrected chi connectivity index (χ3v) is 4.11. The molecule has 1 aromatic carbocycles. The first-order valence-electron chi connectivity index (χ1n) is 6.62. The minimum absolute atomic E-state index is 0.626. The summed E-state index contributed by atoms with van der Waals surface area (Å²) in [6.07, 6.45) is 4.75. The Hall–Kier alpha value is -1.48. The first-order valence-corrected chi connectivity index (χ1v) is 7.00. The predicted molar refractivity (Wildman–Crippen MR) is 76.5 cm³/mol. The SMILES string of the molecule is COc1cc(-n2nc3c(c2C)CCCC3)ccc1Cl. The highest BCUT2D eigenvalue weighted by Gasteiger charge is 2.18. The molecule has 100 valence electrons. The van der Waals surface area contributed by atoms with E-state index in [1.54, 1.807) is 7.11 Å². The van der Waals surface area contributed by atoms with Gasteiger partial charge in [0.25, 0.3) is 0 Å². The van der Waals surface area contributed by atoms with Gasteiger partial charge in [-0.25, -0.2) is 4.68 Å². The van der Waals surface area contributed by atoms with Gasteiger partial charge in [-0.1, -0.05) is 11.6 Å². The quantitative estimate of drug-likeness (QED) is 0.836. The van der Waals surface area contributed by atoms with Crippen molar-refractivity contribution in [3.63, 3.8) is 0 Å². The van der Waals surface area contributed by atoms with Crippen molar-refractivity contribution in [3.05, 3.63) is 40.2 Å². The Labute approximate surface area is 118 Å². The second-order valence-electron chi connectivity index (χ2n) is 4.95. The Balaban J connectivity index is 2.09. The number of methoxy groups -OCH3 is 1. The second kappa shape index (κ2) is 4.89. The van der Waals surface area contributed by atoms with Gasteiger partial charge in [0.1, 0.15) is 5.75 Å². The molecular weight excluding hydrogens is 260 g/mol. The number of rotatable bonds is 2. The molecule has 0 saturated heterocycles. The number of ether oxygens (including phenoxy) is 1. The van der Waals surface area contributed by atoms with Crippen molar-refractivity contribution in [1.29, 1.82) is 0 Å². The smallest absolute Gasteiger partial charge is 0.139 e. The Morgan fingerprint density at radius 2 is 2.05 bits per heavy atom. The van der Waals surface area contributed by atoms with Gasteiger partial charge in [0.2, 0.25) is 0 Å². The number of hydrogen-bond donors (Lipinski definition) is 0. The van der Waals surface area contributed by atoms with Crippen molar-refractivity contribution < 1.29 is 4.74 Å². The third kappa shape index (κ3) is 2.12. The summed E-state index contributed by atoms with van der Waals surface area (Å²) in [5.74, 6) is 0.687. The van der Waals surface area contributed by atoms with Crippen LogP contribution < -0.4 is 4.74 Å². The van der Waals surface area contributed by atoms with E-state index in [9.17, 15) is 0 Å². The highest BCUT2D eigenvalue weighted by molar-refractivity contribution is 6.32. The molecule has 1 heterocycles. The molecular formula is C15H17ClN2O. The van der Waals surface area contributed by atoms with Gasteiger partial charge in [-0.3, -0.25) is 0 Å². The molecule has 0 amide bonds. The van der Waals surface area contributed by atoms with Gasteiger partial charge >= 0.3 is 0 Å². The first-order chi connectivity index (χ1) is 9.20. The molecule has 0 spiro atoms. The molecule has 19 heavy (non-hydrogen) atoms. The monoisotopic (exact) mass is 276 g/mol. The van der Waals surface area contributed by atoms with Crippen LogP contribution in [0.5, 0.6) is 5.75 Å². The van der Waals surface area contributed by atoms with Crippen LogP contribution >= 0.6 is 11.6 Å². The maximum atomic E-state index is 6.07. The summed E-state index contributed by atoms with van der Waals surface area (Å²) in [6.45, 7) is 2.14. The summed E-state index contributed by atoms with van der Waals surface area (Å²) < 4.78 is 7.28. The van der Waals surface area contributed by atoms with Crippen LogP contribution in [0, 0.1) is 6.92 Å². The van der Waals surface area contributed by atoms with Crippen LogP contribution in [-0.4, -0.2) is 16.9 Å². The van der Waals surface area contributed by atoms with Gasteiger partial charge in [-0.15, -0.1) is 0 Å². The van der Waals surface area contributed by atoms with Crippen molar-refractivity contribution in [2.75, 3.05) is 7.11 Å². The van der Waals surface area contributed by atoms with Crippen LogP contribution in [0.1, 0.15) is 29.8 Å². The lowest BCUT2D eigenvalue weighted by atomic mass is 9.96.